The fourth-order valence-electron chi connectivity index (χ4n) is 6.20. The van der Waals surface area contributed by atoms with Gasteiger partial charge in [0.1, 0.15) is 0 Å². The summed E-state index contributed by atoms with van der Waals surface area (Å²) < 4.78 is 5.70. The van der Waals surface area contributed by atoms with Crippen molar-refractivity contribution in [1.82, 2.24) is 20.0 Å². The first kappa shape index (κ1) is 25.7. The number of rotatable bonds is 6. The van der Waals surface area contributed by atoms with E-state index in [2.05, 4.69) is 58.4 Å². The van der Waals surface area contributed by atoms with Crippen molar-refractivity contribution < 1.29 is 9.53 Å². The lowest BCUT2D eigenvalue weighted by molar-refractivity contribution is -0.136. The molecular weight excluding hydrogens is 472 g/mol. The van der Waals surface area contributed by atoms with Gasteiger partial charge in [-0.3, -0.25) is 14.6 Å². The molecule has 36 heavy (non-hydrogen) atoms. The van der Waals surface area contributed by atoms with Gasteiger partial charge in [-0.05, 0) is 68.6 Å². The summed E-state index contributed by atoms with van der Waals surface area (Å²) in [5.41, 5.74) is 4.08. The number of hydrogen-bond donors (Lipinski definition) is 1. The second-order valence-electron chi connectivity index (χ2n) is 10.7. The number of hydrogen-bond acceptors (Lipinski definition) is 5. The van der Waals surface area contributed by atoms with Crippen molar-refractivity contribution in [3.05, 3.63) is 70.2 Å². The number of piperidine rings is 1. The molecular formula is C29H39ClN4O2. The van der Waals surface area contributed by atoms with Crippen molar-refractivity contribution in [2.24, 2.45) is 0 Å². The van der Waals surface area contributed by atoms with E-state index in [9.17, 15) is 4.79 Å². The molecule has 1 N–H and O–H groups in total. The molecule has 5 rings (SSSR count). The topological polar surface area (TPSA) is 48.1 Å². The minimum absolute atomic E-state index is 0.0346. The smallest absolute Gasteiger partial charge is 0.240 e. The zero-order valence-corrected chi connectivity index (χ0v) is 22.3. The molecule has 194 valence electrons. The number of morpholine rings is 1. The van der Waals surface area contributed by atoms with Crippen LogP contribution in [-0.4, -0.2) is 92.7 Å². The fraction of sp³-hybridized carbons (Fsp3) is 0.552. The second kappa shape index (κ2) is 11.2. The lowest BCUT2D eigenvalue weighted by Crippen LogP contribution is -2.59. The average molecular weight is 511 g/mol. The number of likely N-dealkylation sites (N-methyl/N-ethyl adjacent to an activating group) is 2. The number of likely N-dealkylation sites (tertiary alicyclic amines) is 1. The third-order valence-electron chi connectivity index (χ3n) is 8.64. The van der Waals surface area contributed by atoms with Crippen LogP contribution in [0.2, 0.25) is 5.02 Å². The number of amides is 1. The maximum Gasteiger partial charge on any atom is 0.240 e. The van der Waals surface area contributed by atoms with E-state index >= 15 is 0 Å². The molecule has 2 fully saturated rings. The van der Waals surface area contributed by atoms with Crippen molar-refractivity contribution in [2.45, 2.75) is 43.3 Å². The summed E-state index contributed by atoms with van der Waals surface area (Å²) in [6.07, 6.45) is 3.69. The van der Waals surface area contributed by atoms with Crippen molar-refractivity contribution >= 4 is 17.5 Å². The number of fused-ring (bicyclic) bond motifs is 2. The molecule has 0 aromatic heterocycles. The molecule has 0 aliphatic carbocycles. The first-order chi connectivity index (χ1) is 17.5. The second-order valence-corrected chi connectivity index (χ2v) is 11.1. The van der Waals surface area contributed by atoms with Crippen LogP contribution in [0.15, 0.2) is 48.5 Å². The minimum Gasteiger partial charge on any atom is -0.378 e. The summed E-state index contributed by atoms with van der Waals surface area (Å²) in [5, 5.41) is 4.34. The Kier molecular flexibility index (Phi) is 7.99. The maximum absolute atomic E-state index is 13.9. The minimum atomic E-state index is -0.271. The number of nitrogens with one attached hydrogen (secondary N) is 1. The van der Waals surface area contributed by atoms with Crippen molar-refractivity contribution in [3.8, 4) is 0 Å². The van der Waals surface area contributed by atoms with Gasteiger partial charge in [-0.15, -0.1) is 0 Å². The van der Waals surface area contributed by atoms with Crippen molar-refractivity contribution in [1.29, 1.82) is 0 Å². The molecule has 1 unspecified atom stereocenters. The Bertz CT molecular complexity index is 1040. The van der Waals surface area contributed by atoms with E-state index in [0.29, 0.717) is 18.1 Å². The largest absolute Gasteiger partial charge is 0.378 e. The molecule has 1 amide bonds. The summed E-state index contributed by atoms with van der Waals surface area (Å²) in [4.78, 5) is 20.8. The zero-order valence-electron chi connectivity index (χ0n) is 21.6. The van der Waals surface area contributed by atoms with Gasteiger partial charge < -0.3 is 15.0 Å². The lowest BCUT2D eigenvalue weighted by Gasteiger charge is -2.51. The van der Waals surface area contributed by atoms with E-state index in [1.165, 1.54) is 11.1 Å². The summed E-state index contributed by atoms with van der Waals surface area (Å²) in [5.74, 6) is 0.200. The van der Waals surface area contributed by atoms with Gasteiger partial charge in [-0.1, -0.05) is 48.0 Å². The van der Waals surface area contributed by atoms with Gasteiger partial charge in [-0.25, -0.2) is 0 Å². The number of nitrogens with zero attached hydrogens (tertiary/aromatic N) is 3. The molecule has 3 aliphatic heterocycles. The van der Waals surface area contributed by atoms with Gasteiger partial charge in [0.05, 0.1) is 19.3 Å². The Morgan fingerprint density at radius 3 is 2.58 bits per heavy atom. The summed E-state index contributed by atoms with van der Waals surface area (Å²) in [7, 11) is 4.38. The van der Waals surface area contributed by atoms with Crippen LogP contribution in [0.1, 0.15) is 29.5 Å². The number of carbonyl (C=O) groups excluding carboxylic acids is 1. The van der Waals surface area contributed by atoms with Crippen LogP contribution in [0.5, 0.6) is 0 Å². The number of benzene rings is 2. The maximum atomic E-state index is 13.9. The standard InChI is InChI=1S/C29H39ClN4O2/c1-32-17-18-36-21-25(32)20-31-27(19-22-7-9-24(30)10-8-22)28(35)34-15-12-29(13-16-34)26-6-4-3-5-23(26)11-14-33(29)2/h3-10,25,27,31H,11-21H2,1-2H3/t25?,27-/m1/s1. The molecule has 0 bridgehead atoms. The van der Waals surface area contributed by atoms with Crippen LogP contribution < -0.4 is 5.32 Å². The van der Waals surface area contributed by atoms with Gasteiger partial charge in [0.25, 0.3) is 0 Å². The van der Waals surface area contributed by atoms with Crippen molar-refractivity contribution in [3.63, 3.8) is 0 Å². The molecule has 7 heteroatoms. The highest BCUT2D eigenvalue weighted by Crippen LogP contribution is 2.42. The normalized spacial score (nSPS) is 23.4. The fourth-order valence-corrected chi connectivity index (χ4v) is 6.33. The van der Waals surface area contributed by atoms with Gasteiger partial charge >= 0.3 is 0 Å². The van der Waals surface area contributed by atoms with E-state index < -0.39 is 0 Å². The molecule has 3 aliphatic rings. The van der Waals surface area contributed by atoms with Gasteiger partial charge in [0.15, 0.2) is 0 Å². The van der Waals surface area contributed by atoms with Crippen LogP contribution in [0.25, 0.3) is 0 Å². The van der Waals surface area contributed by atoms with Crippen LogP contribution >= 0.6 is 11.6 Å². The first-order valence-corrected chi connectivity index (χ1v) is 13.7. The highest BCUT2D eigenvalue weighted by molar-refractivity contribution is 6.30. The first-order valence-electron chi connectivity index (χ1n) is 13.3. The number of halogens is 1. The van der Waals surface area contributed by atoms with E-state index in [1.54, 1.807) is 0 Å². The molecule has 6 nitrogen and oxygen atoms in total. The Hall–Kier alpha value is -1.96. The molecule has 0 radical (unpaired) electrons. The zero-order chi connectivity index (χ0) is 25.1. The number of carbonyl (C=O) groups is 1. The Balaban J connectivity index is 1.29. The monoisotopic (exact) mass is 510 g/mol. The highest BCUT2D eigenvalue weighted by atomic mass is 35.5. The highest BCUT2D eigenvalue weighted by Gasteiger charge is 2.44. The molecule has 0 saturated carbocycles. The average Bonchev–Trinajstić information content (AvgIpc) is 2.91. The predicted octanol–water partition coefficient (Wildman–Crippen LogP) is 3.18. The molecule has 2 saturated heterocycles. The lowest BCUT2D eigenvalue weighted by atomic mass is 9.74. The van der Waals surface area contributed by atoms with E-state index in [4.69, 9.17) is 16.3 Å². The Labute approximate surface area is 220 Å². The SMILES string of the molecule is CN1CCOCC1CN[C@H](Cc1ccc(Cl)cc1)C(=O)N1CCC2(CC1)c1ccccc1CCN2C. The number of ether oxygens (including phenoxy) is 1. The Morgan fingerprint density at radius 1 is 1.08 bits per heavy atom. The van der Waals surface area contributed by atoms with Crippen LogP contribution in [0, 0.1) is 0 Å². The van der Waals surface area contributed by atoms with Crippen molar-refractivity contribution in [2.75, 3.05) is 60.0 Å². The van der Waals surface area contributed by atoms with Crippen LogP contribution in [-0.2, 0) is 27.9 Å². The van der Waals surface area contributed by atoms with Gasteiger partial charge in [0, 0.05) is 49.3 Å². The molecule has 1 spiro atoms. The molecule has 2 aromatic carbocycles. The van der Waals surface area contributed by atoms with E-state index in [1.807, 2.05) is 24.3 Å². The van der Waals surface area contributed by atoms with Gasteiger partial charge in [0.2, 0.25) is 5.91 Å². The third-order valence-corrected chi connectivity index (χ3v) is 8.89. The summed E-state index contributed by atoms with van der Waals surface area (Å²) >= 11 is 6.12. The molecule has 3 heterocycles. The molecule has 2 atom stereocenters. The van der Waals surface area contributed by atoms with Crippen LogP contribution in [0.4, 0.5) is 0 Å². The van der Waals surface area contributed by atoms with Crippen LogP contribution in [0.3, 0.4) is 0 Å². The quantitative estimate of drug-likeness (QED) is 0.647. The van der Waals surface area contributed by atoms with E-state index in [-0.39, 0.29) is 23.5 Å². The van der Waals surface area contributed by atoms with E-state index in [0.717, 1.165) is 64.2 Å². The predicted molar refractivity (Wildman–Crippen MR) is 144 cm³/mol. The third kappa shape index (κ3) is 5.34. The van der Waals surface area contributed by atoms with Gasteiger partial charge in [-0.2, -0.15) is 0 Å². The Morgan fingerprint density at radius 2 is 1.83 bits per heavy atom. The summed E-state index contributed by atoms with van der Waals surface area (Å²) in [6.45, 7) is 5.75. The molecule has 2 aromatic rings. The summed E-state index contributed by atoms with van der Waals surface area (Å²) in [6, 6.07) is 16.8.